The monoisotopic (exact) mass is 476 g/mol. The molecule has 5 rings (SSSR count). The van der Waals surface area contributed by atoms with Crippen molar-refractivity contribution in [1.82, 2.24) is 5.32 Å². The summed E-state index contributed by atoms with van der Waals surface area (Å²) < 4.78 is 0. The summed E-state index contributed by atoms with van der Waals surface area (Å²) in [6.45, 7) is 8.70. The van der Waals surface area contributed by atoms with Crippen LogP contribution in [0, 0.1) is 40.4 Å². The maximum absolute atomic E-state index is 12.5. The van der Waals surface area contributed by atoms with E-state index in [2.05, 4.69) is 31.2 Å². The molecule has 0 aromatic carbocycles. The molecule has 0 aromatic rings. The fourth-order valence-corrected chi connectivity index (χ4v) is 8.55. The van der Waals surface area contributed by atoms with Crippen LogP contribution in [0.3, 0.4) is 0 Å². The van der Waals surface area contributed by atoms with Crippen molar-refractivity contribution < 1.29 is 14.4 Å². The fraction of sp³-hybridized carbons (Fsp3) is 0.815. The smallest absolute Gasteiger partial charge is 0.318 e. The van der Waals surface area contributed by atoms with E-state index in [1.165, 1.54) is 31.3 Å². The van der Waals surface area contributed by atoms with Crippen molar-refractivity contribution in [2.75, 3.05) is 13.1 Å². The number of fused-ring (bicyclic) bond motifs is 5. The Balaban J connectivity index is 0.00000259. The minimum absolute atomic E-state index is 0. The number of carbonyl (C=O) groups is 2. The summed E-state index contributed by atoms with van der Waals surface area (Å²) in [5.74, 6) is 2.68. The SMILES string of the molecule is CC(=NOC(=O)[C@@H]1CCCNC1)[C@H]1CC[C@H]2[C@@H]3CCC4=CC(=O)CC[C@]4(C)[C@H]3CC[C@]12C.Cl. The van der Waals surface area contributed by atoms with Crippen LogP contribution < -0.4 is 5.32 Å². The van der Waals surface area contributed by atoms with Crippen LogP contribution in [0.4, 0.5) is 0 Å². The Morgan fingerprint density at radius 2 is 1.91 bits per heavy atom. The zero-order valence-electron chi connectivity index (χ0n) is 20.5. The zero-order chi connectivity index (χ0) is 22.5. The van der Waals surface area contributed by atoms with Crippen LogP contribution in [0.15, 0.2) is 16.8 Å². The van der Waals surface area contributed by atoms with E-state index in [4.69, 9.17) is 4.84 Å². The average molecular weight is 477 g/mol. The molecule has 0 unspecified atom stereocenters. The number of oxime groups is 1. The number of halogens is 1. The van der Waals surface area contributed by atoms with Crippen molar-refractivity contribution in [3.05, 3.63) is 11.6 Å². The van der Waals surface area contributed by atoms with Crippen LogP contribution in [0.25, 0.3) is 0 Å². The first-order valence-corrected chi connectivity index (χ1v) is 13.0. The average Bonchev–Trinajstić information content (AvgIpc) is 3.15. The van der Waals surface area contributed by atoms with Crippen molar-refractivity contribution in [3.63, 3.8) is 0 Å². The van der Waals surface area contributed by atoms with E-state index in [9.17, 15) is 9.59 Å². The van der Waals surface area contributed by atoms with Gasteiger partial charge in [-0.2, -0.15) is 0 Å². The zero-order valence-corrected chi connectivity index (χ0v) is 21.3. The molecule has 7 atom stereocenters. The van der Waals surface area contributed by atoms with Gasteiger partial charge in [-0.15, -0.1) is 12.4 Å². The third-order valence-corrected chi connectivity index (χ3v) is 10.4. The number of allylic oxidation sites excluding steroid dienone is 1. The number of ketones is 1. The lowest BCUT2D eigenvalue weighted by Gasteiger charge is -2.58. The second-order valence-corrected chi connectivity index (χ2v) is 11.8. The van der Waals surface area contributed by atoms with E-state index in [0.29, 0.717) is 30.1 Å². The van der Waals surface area contributed by atoms with Crippen molar-refractivity contribution in [2.45, 2.75) is 85.0 Å². The molecule has 1 saturated heterocycles. The first kappa shape index (κ1) is 24.9. The van der Waals surface area contributed by atoms with E-state index in [1.54, 1.807) is 0 Å². The van der Waals surface area contributed by atoms with Gasteiger partial charge in [0.05, 0.1) is 11.6 Å². The molecule has 4 aliphatic carbocycles. The van der Waals surface area contributed by atoms with Gasteiger partial charge >= 0.3 is 5.97 Å². The van der Waals surface area contributed by atoms with Crippen molar-refractivity contribution in [1.29, 1.82) is 0 Å². The summed E-state index contributed by atoms with van der Waals surface area (Å²) in [6, 6.07) is 0. The van der Waals surface area contributed by atoms with Gasteiger partial charge in [0.25, 0.3) is 0 Å². The highest BCUT2D eigenvalue weighted by Crippen LogP contribution is 2.66. The maximum Gasteiger partial charge on any atom is 0.339 e. The van der Waals surface area contributed by atoms with Crippen LogP contribution >= 0.6 is 12.4 Å². The molecule has 1 heterocycles. The Labute approximate surface area is 204 Å². The van der Waals surface area contributed by atoms with Crippen LogP contribution in [0.5, 0.6) is 0 Å². The van der Waals surface area contributed by atoms with Crippen molar-refractivity contribution in [2.24, 2.45) is 45.6 Å². The molecular weight excluding hydrogens is 436 g/mol. The summed E-state index contributed by atoms with van der Waals surface area (Å²) in [4.78, 5) is 30.0. The Hall–Kier alpha value is -1.20. The predicted molar refractivity (Wildman–Crippen MR) is 132 cm³/mol. The van der Waals surface area contributed by atoms with Gasteiger partial charge in [0.1, 0.15) is 0 Å². The molecule has 4 fully saturated rings. The van der Waals surface area contributed by atoms with Gasteiger partial charge in [0, 0.05) is 18.9 Å². The topological polar surface area (TPSA) is 67.8 Å². The van der Waals surface area contributed by atoms with E-state index < -0.39 is 0 Å². The number of hydrogen-bond acceptors (Lipinski definition) is 5. The highest BCUT2D eigenvalue weighted by atomic mass is 35.5. The van der Waals surface area contributed by atoms with Crippen LogP contribution in [0.2, 0.25) is 0 Å². The van der Waals surface area contributed by atoms with E-state index in [0.717, 1.165) is 56.7 Å². The molecule has 0 amide bonds. The molecule has 1 N–H and O–H groups in total. The normalized spacial score (nSPS) is 42.9. The molecule has 0 bridgehead atoms. The summed E-state index contributed by atoms with van der Waals surface area (Å²) in [7, 11) is 0. The van der Waals surface area contributed by atoms with Gasteiger partial charge in [-0.05, 0) is 106 Å². The second kappa shape index (κ2) is 9.45. The molecule has 5 nitrogen and oxygen atoms in total. The highest BCUT2D eigenvalue weighted by molar-refractivity contribution is 5.91. The molecule has 33 heavy (non-hydrogen) atoms. The highest BCUT2D eigenvalue weighted by Gasteiger charge is 2.59. The number of nitrogens with one attached hydrogen (secondary N) is 1. The number of rotatable bonds is 3. The summed E-state index contributed by atoms with van der Waals surface area (Å²) in [5.41, 5.74) is 2.92. The molecule has 0 aromatic heterocycles. The summed E-state index contributed by atoms with van der Waals surface area (Å²) in [6.07, 6.45) is 12.9. The van der Waals surface area contributed by atoms with Gasteiger partial charge in [0.15, 0.2) is 5.78 Å². The third-order valence-electron chi connectivity index (χ3n) is 10.4. The second-order valence-electron chi connectivity index (χ2n) is 11.8. The first-order chi connectivity index (χ1) is 15.3. The Kier molecular flexibility index (Phi) is 7.13. The maximum atomic E-state index is 12.5. The lowest BCUT2D eigenvalue weighted by molar-refractivity contribution is -0.149. The van der Waals surface area contributed by atoms with Crippen LogP contribution in [-0.2, 0) is 14.4 Å². The third kappa shape index (κ3) is 4.22. The van der Waals surface area contributed by atoms with Gasteiger partial charge in [-0.1, -0.05) is 24.6 Å². The van der Waals surface area contributed by atoms with Gasteiger partial charge in [-0.3, -0.25) is 4.79 Å². The van der Waals surface area contributed by atoms with Gasteiger partial charge < -0.3 is 10.2 Å². The van der Waals surface area contributed by atoms with Crippen molar-refractivity contribution in [3.8, 4) is 0 Å². The molecule has 5 aliphatic rings. The largest absolute Gasteiger partial charge is 0.339 e. The van der Waals surface area contributed by atoms with E-state index >= 15 is 0 Å². The number of piperidine rings is 1. The standard InChI is InChI=1S/C27H40N2O3.ClH/c1-17(29-32-25(31)18-5-4-14-28-16-18)22-8-9-23-21-7-6-19-15-20(30)10-12-26(19,2)24(21)11-13-27(22,23)3;/h15,18,21-24,28H,4-14,16H2,1-3H3;1H/t18-,21+,22-,23+,24+,26+,27-;/m1./s1. The molecule has 184 valence electrons. The molecule has 0 spiro atoms. The lowest BCUT2D eigenvalue weighted by Crippen LogP contribution is -2.51. The fourth-order valence-electron chi connectivity index (χ4n) is 8.55. The Morgan fingerprint density at radius 3 is 2.67 bits per heavy atom. The van der Waals surface area contributed by atoms with Crippen molar-refractivity contribution >= 4 is 29.9 Å². The number of carbonyl (C=O) groups excluding carboxylic acids is 2. The molecule has 6 heteroatoms. The molecule has 0 radical (unpaired) electrons. The quantitative estimate of drug-likeness (QED) is 0.333. The first-order valence-electron chi connectivity index (χ1n) is 13.0. The summed E-state index contributed by atoms with van der Waals surface area (Å²) >= 11 is 0. The van der Waals surface area contributed by atoms with E-state index in [-0.39, 0.29) is 35.1 Å². The van der Waals surface area contributed by atoms with Gasteiger partial charge in [0.2, 0.25) is 0 Å². The molecule has 1 aliphatic heterocycles. The van der Waals surface area contributed by atoms with Crippen LogP contribution in [0.1, 0.15) is 85.0 Å². The molecule has 3 saturated carbocycles. The lowest BCUT2D eigenvalue weighted by atomic mass is 9.46. The minimum atomic E-state index is -0.175. The Bertz CT molecular complexity index is 848. The van der Waals surface area contributed by atoms with E-state index in [1.807, 2.05) is 6.08 Å². The Morgan fingerprint density at radius 1 is 1.09 bits per heavy atom. The summed E-state index contributed by atoms with van der Waals surface area (Å²) in [5, 5.41) is 7.68. The number of nitrogens with zero attached hydrogens (tertiary/aromatic N) is 1. The van der Waals surface area contributed by atoms with Gasteiger partial charge in [-0.25, -0.2) is 4.79 Å². The number of hydrogen-bond donors (Lipinski definition) is 1. The van der Waals surface area contributed by atoms with Crippen LogP contribution in [-0.4, -0.2) is 30.6 Å². The minimum Gasteiger partial charge on any atom is -0.318 e. The molecular formula is C27H41ClN2O3. The predicted octanol–water partition coefficient (Wildman–Crippen LogP) is 5.48.